The van der Waals surface area contributed by atoms with Crippen LogP contribution in [0.3, 0.4) is 0 Å². The zero-order valence-corrected chi connectivity index (χ0v) is 10.2. The van der Waals surface area contributed by atoms with Crippen LogP contribution in [-0.2, 0) is 9.59 Å². The Hall–Kier alpha value is -1.10. The number of hydrogen-bond donors (Lipinski definition) is 3. The first-order chi connectivity index (χ1) is 7.26. The summed E-state index contributed by atoms with van der Waals surface area (Å²) >= 11 is 0. The molecule has 0 aliphatic heterocycles. The minimum Gasteiger partial charge on any atom is -0.481 e. The smallest absolute Gasteiger partial charge is 0.305 e. The summed E-state index contributed by atoms with van der Waals surface area (Å²) in [6.45, 7) is 5.94. The van der Waals surface area contributed by atoms with Crippen LogP contribution < -0.4 is 11.1 Å². The van der Waals surface area contributed by atoms with E-state index < -0.39 is 11.5 Å². The van der Waals surface area contributed by atoms with Crippen molar-refractivity contribution < 1.29 is 14.7 Å². The zero-order chi connectivity index (χ0) is 12.8. The van der Waals surface area contributed by atoms with E-state index >= 15 is 0 Å². The third-order valence-corrected chi connectivity index (χ3v) is 2.34. The van der Waals surface area contributed by atoms with Gasteiger partial charge in [-0.2, -0.15) is 0 Å². The first kappa shape index (κ1) is 14.9. The van der Waals surface area contributed by atoms with Crippen LogP contribution in [0.4, 0.5) is 0 Å². The summed E-state index contributed by atoms with van der Waals surface area (Å²) in [6.07, 6.45) is 1.04. The second-order valence-corrected chi connectivity index (χ2v) is 4.88. The van der Waals surface area contributed by atoms with Crippen molar-refractivity contribution in [1.82, 2.24) is 5.32 Å². The van der Waals surface area contributed by atoms with Crippen molar-refractivity contribution in [2.24, 2.45) is 11.7 Å². The Balaban J connectivity index is 3.98. The summed E-state index contributed by atoms with van der Waals surface area (Å²) in [7, 11) is 0. The molecule has 0 bridgehead atoms. The third kappa shape index (κ3) is 7.23. The number of aliphatic carboxylic acids is 1. The van der Waals surface area contributed by atoms with Gasteiger partial charge in [0.2, 0.25) is 5.91 Å². The van der Waals surface area contributed by atoms with Gasteiger partial charge in [-0.05, 0) is 32.7 Å². The maximum Gasteiger partial charge on any atom is 0.305 e. The highest BCUT2D eigenvalue weighted by Gasteiger charge is 2.23. The highest BCUT2D eigenvalue weighted by atomic mass is 16.4. The largest absolute Gasteiger partial charge is 0.481 e. The summed E-state index contributed by atoms with van der Waals surface area (Å²) in [5.41, 5.74) is 4.74. The number of carboxylic acid groups (broad SMARTS) is 1. The molecule has 0 spiro atoms. The van der Waals surface area contributed by atoms with E-state index in [1.54, 1.807) is 13.8 Å². The Morgan fingerprint density at radius 1 is 1.44 bits per heavy atom. The van der Waals surface area contributed by atoms with Crippen molar-refractivity contribution in [1.29, 1.82) is 0 Å². The number of amides is 1. The molecule has 0 heterocycles. The third-order valence-electron chi connectivity index (χ3n) is 2.34. The van der Waals surface area contributed by atoms with Crippen LogP contribution in [0.2, 0.25) is 0 Å². The molecule has 5 nitrogen and oxygen atoms in total. The van der Waals surface area contributed by atoms with E-state index in [9.17, 15) is 9.59 Å². The lowest BCUT2D eigenvalue weighted by molar-refractivity contribution is -0.138. The van der Waals surface area contributed by atoms with Gasteiger partial charge in [-0.15, -0.1) is 0 Å². The molecule has 94 valence electrons. The molecule has 5 heteroatoms. The highest BCUT2D eigenvalue weighted by molar-refractivity contribution is 5.78. The molecule has 0 saturated carbocycles. The van der Waals surface area contributed by atoms with Crippen LogP contribution in [0.5, 0.6) is 0 Å². The number of carbonyl (C=O) groups excluding carboxylic acids is 1. The fourth-order valence-corrected chi connectivity index (χ4v) is 1.36. The van der Waals surface area contributed by atoms with Crippen LogP contribution in [0.1, 0.15) is 40.0 Å². The minimum atomic E-state index is -0.916. The molecule has 0 aliphatic carbocycles. The first-order valence-corrected chi connectivity index (χ1v) is 5.49. The number of rotatable bonds is 7. The molecule has 1 atom stereocenters. The van der Waals surface area contributed by atoms with Crippen LogP contribution in [0.25, 0.3) is 0 Å². The molecule has 0 radical (unpaired) electrons. The Kier molecular flexibility index (Phi) is 6.03. The lowest BCUT2D eigenvalue weighted by Gasteiger charge is -2.24. The lowest BCUT2D eigenvalue weighted by Crippen LogP contribution is -2.45. The molecule has 4 N–H and O–H groups in total. The molecule has 1 unspecified atom stereocenters. The Bertz CT molecular complexity index is 252. The van der Waals surface area contributed by atoms with Crippen LogP contribution >= 0.6 is 0 Å². The Morgan fingerprint density at radius 3 is 2.44 bits per heavy atom. The molecular formula is C11H22N2O3. The van der Waals surface area contributed by atoms with Gasteiger partial charge in [0.1, 0.15) is 0 Å². The fraction of sp³-hybridized carbons (Fsp3) is 0.818. The van der Waals surface area contributed by atoms with Gasteiger partial charge >= 0.3 is 5.97 Å². The molecule has 0 aromatic rings. The van der Waals surface area contributed by atoms with Gasteiger partial charge in [0.25, 0.3) is 0 Å². The van der Waals surface area contributed by atoms with Crippen molar-refractivity contribution >= 4 is 11.9 Å². The monoisotopic (exact) mass is 230 g/mol. The fourth-order valence-electron chi connectivity index (χ4n) is 1.36. The summed E-state index contributed by atoms with van der Waals surface area (Å²) in [5, 5.41) is 11.4. The van der Waals surface area contributed by atoms with Crippen LogP contribution in [0.15, 0.2) is 0 Å². The molecule has 0 rings (SSSR count). The lowest BCUT2D eigenvalue weighted by atomic mass is 9.99. The second-order valence-electron chi connectivity index (χ2n) is 4.88. The van der Waals surface area contributed by atoms with Gasteiger partial charge < -0.3 is 16.2 Å². The van der Waals surface area contributed by atoms with Crippen molar-refractivity contribution in [3.05, 3.63) is 0 Å². The SMILES string of the molecule is CC(CN)CCC(=O)NC(C)(C)CC(=O)O. The molecule has 0 saturated heterocycles. The van der Waals surface area contributed by atoms with Gasteiger partial charge in [-0.25, -0.2) is 0 Å². The van der Waals surface area contributed by atoms with Gasteiger partial charge in [0, 0.05) is 12.0 Å². The van der Waals surface area contributed by atoms with Gasteiger partial charge in [-0.1, -0.05) is 6.92 Å². The quantitative estimate of drug-likeness (QED) is 0.601. The number of carboxylic acids is 1. The molecule has 0 aliphatic rings. The molecule has 0 aromatic carbocycles. The maximum absolute atomic E-state index is 11.5. The van der Waals surface area contributed by atoms with E-state index in [0.717, 1.165) is 6.42 Å². The van der Waals surface area contributed by atoms with E-state index in [1.807, 2.05) is 6.92 Å². The molecule has 16 heavy (non-hydrogen) atoms. The molecule has 0 fully saturated rings. The van der Waals surface area contributed by atoms with Crippen molar-refractivity contribution in [2.45, 2.75) is 45.6 Å². The first-order valence-electron chi connectivity index (χ1n) is 5.49. The number of hydrogen-bond acceptors (Lipinski definition) is 3. The average molecular weight is 230 g/mol. The van der Waals surface area contributed by atoms with Crippen LogP contribution in [-0.4, -0.2) is 29.1 Å². The van der Waals surface area contributed by atoms with Crippen molar-refractivity contribution in [3.8, 4) is 0 Å². The van der Waals surface area contributed by atoms with Crippen LogP contribution in [0, 0.1) is 5.92 Å². The van der Waals surface area contributed by atoms with E-state index in [2.05, 4.69) is 5.32 Å². The summed E-state index contributed by atoms with van der Waals surface area (Å²) in [5.74, 6) is -0.722. The van der Waals surface area contributed by atoms with E-state index in [1.165, 1.54) is 0 Å². The van der Waals surface area contributed by atoms with E-state index in [4.69, 9.17) is 10.8 Å². The molecular weight excluding hydrogens is 208 g/mol. The summed E-state index contributed by atoms with van der Waals surface area (Å²) in [6, 6.07) is 0. The summed E-state index contributed by atoms with van der Waals surface area (Å²) in [4.78, 5) is 22.1. The zero-order valence-electron chi connectivity index (χ0n) is 10.2. The number of nitrogens with one attached hydrogen (secondary N) is 1. The highest BCUT2D eigenvalue weighted by Crippen LogP contribution is 2.10. The second kappa shape index (κ2) is 6.48. The van der Waals surface area contributed by atoms with Gasteiger partial charge in [0.15, 0.2) is 0 Å². The van der Waals surface area contributed by atoms with Gasteiger partial charge in [0.05, 0.1) is 6.42 Å². The predicted octanol–water partition coefficient (Wildman–Crippen LogP) is 0.731. The minimum absolute atomic E-state index is 0.0782. The predicted molar refractivity (Wildman–Crippen MR) is 61.9 cm³/mol. The van der Waals surface area contributed by atoms with Crippen molar-refractivity contribution in [2.75, 3.05) is 6.54 Å². The molecule has 0 aromatic heterocycles. The molecule has 1 amide bonds. The standard InChI is InChI=1S/C11H22N2O3/c1-8(7-12)4-5-9(14)13-11(2,3)6-10(15)16/h8H,4-7,12H2,1-3H3,(H,13,14)(H,15,16). The van der Waals surface area contributed by atoms with Gasteiger partial charge in [-0.3, -0.25) is 9.59 Å². The Labute approximate surface area is 96.4 Å². The summed E-state index contributed by atoms with van der Waals surface area (Å²) < 4.78 is 0. The normalized spacial score (nSPS) is 13.2. The average Bonchev–Trinajstić information content (AvgIpc) is 2.11. The Morgan fingerprint density at radius 2 is 2.00 bits per heavy atom. The maximum atomic E-state index is 11.5. The van der Waals surface area contributed by atoms with Crippen molar-refractivity contribution in [3.63, 3.8) is 0 Å². The topological polar surface area (TPSA) is 92.4 Å². The number of nitrogens with two attached hydrogens (primary N) is 1. The number of carbonyl (C=O) groups is 2. The van der Waals surface area contributed by atoms with E-state index in [-0.39, 0.29) is 12.3 Å². The van der Waals surface area contributed by atoms with E-state index in [0.29, 0.717) is 18.9 Å².